The molecule has 0 N–H and O–H groups in total. The van der Waals surface area contributed by atoms with E-state index in [1.54, 1.807) is 11.6 Å². The van der Waals surface area contributed by atoms with Gasteiger partial charge in [0.05, 0.1) is 0 Å². The molecule has 0 aliphatic carbocycles. The van der Waals surface area contributed by atoms with Gasteiger partial charge in [0.2, 0.25) is 0 Å². The van der Waals surface area contributed by atoms with Crippen LogP contribution in [0.4, 0.5) is 0 Å². The van der Waals surface area contributed by atoms with Gasteiger partial charge < -0.3 is 4.57 Å². The van der Waals surface area contributed by atoms with E-state index < -0.39 is 0 Å². The summed E-state index contributed by atoms with van der Waals surface area (Å²) in [4.78, 5) is 11.5. The Bertz CT molecular complexity index is 379. The van der Waals surface area contributed by atoms with Gasteiger partial charge in [-0.2, -0.15) is 0 Å². The van der Waals surface area contributed by atoms with Gasteiger partial charge in [-0.1, -0.05) is 25.4 Å². The second kappa shape index (κ2) is 3.54. The predicted molar refractivity (Wildman–Crippen MR) is 55.5 cm³/mol. The second-order valence-electron chi connectivity index (χ2n) is 3.57. The van der Waals surface area contributed by atoms with E-state index >= 15 is 0 Å². The van der Waals surface area contributed by atoms with Crippen molar-refractivity contribution >= 4 is 11.6 Å². The molecule has 1 aromatic rings. The molecule has 0 atom stereocenters. The van der Waals surface area contributed by atoms with E-state index in [1.165, 1.54) is 0 Å². The summed E-state index contributed by atoms with van der Waals surface area (Å²) in [5.74, 6) is 0.292. The zero-order chi connectivity index (χ0) is 10.2. The molecule has 0 unspecified atom stereocenters. The first kappa shape index (κ1) is 10.3. The Labute approximate surface area is 83.2 Å². The lowest BCUT2D eigenvalue weighted by atomic mass is 10.0. The number of aryl methyl sites for hydroxylation is 1. The summed E-state index contributed by atoms with van der Waals surface area (Å²) < 4.78 is 1.56. The fourth-order valence-corrected chi connectivity index (χ4v) is 1.64. The number of hydrogen-bond acceptors (Lipinski definition) is 1. The number of hydrogen-bond donors (Lipinski definition) is 0. The Balaban J connectivity index is 3.51. The standard InChI is InChI=1S/C10H14ClNO/c1-6(2)8-5-7(3)12(4)10(13)9(8)11/h5-6H,1-4H3. The Morgan fingerprint density at radius 2 is 2.00 bits per heavy atom. The van der Waals surface area contributed by atoms with Gasteiger partial charge in [-0.25, -0.2) is 0 Å². The van der Waals surface area contributed by atoms with Gasteiger partial charge in [0.15, 0.2) is 0 Å². The summed E-state index contributed by atoms with van der Waals surface area (Å²) >= 11 is 5.93. The molecule has 0 saturated carbocycles. The number of nitrogens with zero attached hydrogens (tertiary/aromatic N) is 1. The highest BCUT2D eigenvalue weighted by Gasteiger charge is 2.10. The number of halogens is 1. The molecule has 0 amide bonds. The molecule has 0 saturated heterocycles. The first-order valence-corrected chi connectivity index (χ1v) is 4.69. The van der Waals surface area contributed by atoms with Crippen LogP contribution in [0.2, 0.25) is 5.02 Å². The molecule has 0 bridgehead atoms. The predicted octanol–water partition coefficient (Wildman–Crippen LogP) is 2.47. The van der Waals surface area contributed by atoms with E-state index in [2.05, 4.69) is 0 Å². The van der Waals surface area contributed by atoms with Gasteiger partial charge in [0, 0.05) is 12.7 Å². The second-order valence-corrected chi connectivity index (χ2v) is 3.95. The van der Waals surface area contributed by atoms with Gasteiger partial charge in [-0.05, 0) is 24.5 Å². The zero-order valence-corrected chi connectivity index (χ0v) is 9.14. The number of rotatable bonds is 1. The Morgan fingerprint density at radius 3 is 2.46 bits per heavy atom. The van der Waals surface area contributed by atoms with E-state index in [1.807, 2.05) is 26.8 Å². The van der Waals surface area contributed by atoms with E-state index in [0.717, 1.165) is 11.3 Å². The van der Waals surface area contributed by atoms with E-state index in [-0.39, 0.29) is 5.56 Å². The summed E-state index contributed by atoms with van der Waals surface area (Å²) in [5.41, 5.74) is 1.77. The molecule has 1 heterocycles. The zero-order valence-electron chi connectivity index (χ0n) is 8.39. The summed E-state index contributed by atoms with van der Waals surface area (Å²) in [5, 5.41) is 0.350. The van der Waals surface area contributed by atoms with E-state index in [0.29, 0.717) is 10.9 Å². The van der Waals surface area contributed by atoms with Gasteiger partial charge in [-0.3, -0.25) is 4.79 Å². The Kier molecular flexibility index (Phi) is 2.81. The molecular formula is C10H14ClNO. The lowest BCUT2D eigenvalue weighted by molar-refractivity contribution is 0.786. The summed E-state index contributed by atoms with van der Waals surface area (Å²) in [6.07, 6.45) is 0. The first-order chi connectivity index (χ1) is 5.95. The Hall–Kier alpha value is -0.760. The topological polar surface area (TPSA) is 22.0 Å². The van der Waals surface area contributed by atoms with Crippen LogP contribution in [-0.2, 0) is 7.05 Å². The Morgan fingerprint density at radius 1 is 1.46 bits per heavy atom. The van der Waals surface area contributed by atoms with Gasteiger partial charge in [0.1, 0.15) is 5.02 Å². The minimum Gasteiger partial charge on any atom is -0.315 e. The van der Waals surface area contributed by atoms with Crippen molar-refractivity contribution in [1.29, 1.82) is 0 Å². The van der Waals surface area contributed by atoms with Crippen molar-refractivity contribution in [1.82, 2.24) is 4.57 Å². The quantitative estimate of drug-likeness (QED) is 0.681. The molecule has 0 radical (unpaired) electrons. The maximum atomic E-state index is 11.5. The van der Waals surface area contributed by atoms with Crippen LogP contribution in [0.3, 0.4) is 0 Å². The monoisotopic (exact) mass is 199 g/mol. The summed E-state index contributed by atoms with van der Waals surface area (Å²) in [7, 11) is 1.73. The van der Waals surface area contributed by atoms with Crippen molar-refractivity contribution < 1.29 is 0 Å². The maximum absolute atomic E-state index is 11.5. The van der Waals surface area contributed by atoms with Gasteiger partial charge in [0.25, 0.3) is 5.56 Å². The molecule has 0 aromatic carbocycles. The molecule has 0 aliphatic rings. The molecular weight excluding hydrogens is 186 g/mol. The van der Waals surface area contributed by atoms with Crippen LogP contribution < -0.4 is 5.56 Å². The van der Waals surface area contributed by atoms with Crippen LogP contribution >= 0.6 is 11.6 Å². The lowest BCUT2D eigenvalue weighted by Crippen LogP contribution is -2.21. The van der Waals surface area contributed by atoms with Crippen LogP contribution in [0.1, 0.15) is 31.0 Å². The van der Waals surface area contributed by atoms with Crippen LogP contribution in [0, 0.1) is 6.92 Å². The van der Waals surface area contributed by atoms with Crippen molar-refractivity contribution in [3.05, 3.63) is 32.7 Å². The molecule has 3 heteroatoms. The minimum absolute atomic E-state index is 0.106. The van der Waals surface area contributed by atoms with Crippen molar-refractivity contribution in [2.24, 2.45) is 7.05 Å². The highest BCUT2D eigenvalue weighted by atomic mass is 35.5. The van der Waals surface area contributed by atoms with Crippen molar-refractivity contribution in [3.8, 4) is 0 Å². The smallest absolute Gasteiger partial charge is 0.269 e. The first-order valence-electron chi connectivity index (χ1n) is 4.31. The van der Waals surface area contributed by atoms with Gasteiger partial charge >= 0.3 is 0 Å². The molecule has 0 fully saturated rings. The van der Waals surface area contributed by atoms with E-state index in [4.69, 9.17) is 11.6 Å². The third kappa shape index (κ3) is 1.78. The average molecular weight is 200 g/mol. The molecule has 0 aliphatic heterocycles. The fraction of sp³-hybridized carbons (Fsp3) is 0.500. The van der Waals surface area contributed by atoms with Crippen LogP contribution in [0.25, 0.3) is 0 Å². The van der Waals surface area contributed by atoms with Gasteiger partial charge in [-0.15, -0.1) is 0 Å². The summed E-state index contributed by atoms with van der Waals surface area (Å²) in [6.45, 7) is 5.96. The van der Waals surface area contributed by atoms with Crippen LogP contribution in [0.5, 0.6) is 0 Å². The van der Waals surface area contributed by atoms with Crippen molar-refractivity contribution in [2.75, 3.05) is 0 Å². The van der Waals surface area contributed by atoms with Crippen molar-refractivity contribution in [3.63, 3.8) is 0 Å². The summed E-state index contributed by atoms with van der Waals surface area (Å²) in [6, 6.07) is 1.97. The molecule has 13 heavy (non-hydrogen) atoms. The largest absolute Gasteiger partial charge is 0.315 e. The van der Waals surface area contributed by atoms with Crippen LogP contribution in [0.15, 0.2) is 10.9 Å². The molecule has 1 aromatic heterocycles. The molecule has 2 nitrogen and oxygen atoms in total. The number of aromatic nitrogens is 1. The number of pyridine rings is 1. The fourth-order valence-electron chi connectivity index (χ4n) is 1.24. The molecule has 72 valence electrons. The average Bonchev–Trinajstić information content (AvgIpc) is 2.07. The van der Waals surface area contributed by atoms with E-state index in [9.17, 15) is 4.79 Å². The molecule has 1 rings (SSSR count). The van der Waals surface area contributed by atoms with Crippen LogP contribution in [-0.4, -0.2) is 4.57 Å². The highest BCUT2D eigenvalue weighted by molar-refractivity contribution is 6.31. The lowest BCUT2D eigenvalue weighted by Gasteiger charge is -2.11. The maximum Gasteiger partial charge on any atom is 0.269 e. The molecule has 0 spiro atoms. The van der Waals surface area contributed by atoms with Crippen molar-refractivity contribution in [2.45, 2.75) is 26.7 Å². The third-order valence-electron chi connectivity index (χ3n) is 2.26. The normalized spacial score (nSPS) is 10.9. The highest BCUT2D eigenvalue weighted by Crippen LogP contribution is 2.21. The minimum atomic E-state index is -0.106. The SMILES string of the molecule is Cc1cc(C(C)C)c(Cl)c(=O)n1C. The third-order valence-corrected chi connectivity index (χ3v) is 2.64.